The Morgan fingerprint density at radius 3 is 2.71 bits per heavy atom. The second kappa shape index (κ2) is 9.67. The van der Waals surface area contributed by atoms with Crippen LogP contribution in [0.15, 0.2) is 17.1 Å². The fourth-order valence-electron chi connectivity index (χ4n) is 3.91. The normalized spacial score (nSPS) is 23.5. The van der Waals surface area contributed by atoms with Crippen LogP contribution in [0.1, 0.15) is 25.0 Å². The second-order valence-corrected chi connectivity index (χ2v) is 7.32. The van der Waals surface area contributed by atoms with Crippen molar-refractivity contribution in [3.05, 3.63) is 23.3 Å². The molecule has 0 aliphatic carbocycles. The standard InChI is InChI=1S/C20H29N3O4.HI/c1-12-10-23(11-16(12)19(24)26-5)20(21-3)22-9-15-8-18-14(6-13(2)27-18)7-17(15)25-4;/h7-8,12-13,16H,6,9-11H2,1-5H3,(H,21,22);1H. The van der Waals surface area contributed by atoms with Gasteiger partial charge in [0.2, 0.25) is 0 Å². The van der Waals surface area contributed by atoms with Crippen LogP contribution in [0.3, 0.4) is 0 Å². The third kappa shape index (κ3) is 4.64. The molecule has 0 aromatic heterocycles. The zero-order valence-corrected chi connectivity index (χ0v) is 19.5. The molecule has 1 N–H and O–H groups in total. The molecule has 3 rings (SSSR count). The molecular formula is C20H30IN3O4. The van der Waals surface area contributed by atoms with E-state index in [9.17, 15) is 4.79 Å². The fourth-order valence-corrected chi connectivity index (χ4v) is 3.91. The highest BCUT2D eigenvalue weighted by atomic mass is 127. The summed E-state index contributed by atoms with van der Waals surface area (Å²) in [5.41, 5.74) is 2.20. The lowest BCUT2D eigenvalue weighted by Gasteiger charge is -2.22. The van der Waals surface area contributed by atoms with Gasteiger partial charge in [-0.2, -0.15) is 0 Å². The molecule has 28 heavy (non-hydrogen) atoms. The van der Waals surface area contributed by atoms with E-state index in [1.54, 1.807) is 14.2 Å². The molecule has 2 heterocycles. The van der Waals surface area contributed by atoms with Crippen LogP contribution in [0.2, 0.25) is 0 Å². The molecule has 1 aromatic rings. The van der Waals surface area contributed by atoms with Crippen LogP contribution >= 0.6 is 24.0 Å². The molecule has 0 bridgehead atoms. The Labute approximate surface area is 183 Å². The van der Waals surface area contributed by atoms with Crippen molar-refractivity contribution < 1.29 is 19.0 Å². The highest BCUT2D eigenvalue weighted by Gasteiger charge is 2.36. The van der Waals surface area contributed by atoms with E-state index < -0.39 is 0 Å². The van der Waals surface area contributed by atoms with E-state index in [4.69, 9.17) is 14.2 Å². The van der Waals surface area contributed by atoms with Gasteiger partial charge in [-0.25, -0.2) is 0 Å². The first-order valence-corrected chi connectivity index (χ1v) is 9.36. The summed E-state index contributed by atoms with van der Waals surface area (Å²) in [4.78, 5) is 18.4. The highest BCUT2D eigenvalue weighted by molar-refractivity contribution is 14.0. The Morgan fingerprint density at radius 2 is 2.07 bits per heavy atom. The fraction of sp³-hybridized carbons (Fsp3) is 0.600. The van der Waals surface area contributed by atoms with Crippen molar-refractivity contribution in [2.24, 2.45) is 16.8 Å². The van der Waals surface area contributed by atoms with E-state index >= 15 is 0 Å². The predicted molar refractivity (Wildman–Crippen MR) is 119 cm³/mol. The number of carbonyl (C=O) groups excluding carboxylic acids is 1. The average Bonchev–Trinajstić information content (AvgIpc) is 3.22. The number of rotatable bonds is 4. The minimum Gasteiger partial charge on any atom is -0.496 e. The minimum absolute atomic E-state index is 0. The van der Waals surface area contributed by atoms with Gasteiger partial charge in [-0.1, -0.05) is 6.92 Å². The maximum atomic E-state index is 11.9. The van der Waals surface area contributed by atoms with Crippen LogP contribution in [0.5, 0.6) is 11.5 Å². The molecule has 7 nitrogen and oxygen atoms in total. The lowest BCUT2D eigenvalue weighted by atomic mass is 9.99. The third-order valence-corrected chi connectivity index (χ3v) is 5.36. The summed E-state index contributed by atoms with van der Waals surface area (Å²) in [5, 5.41) is 3.39. The van der Waals surface area contributed by atoms with Crippen molar-refractivity contribution in [3.63, 3.8) is 0 Å². The molecule has 0 amide bonds. The monoisotopic (exact) mass is 503 g/mol. The van der Waals surface area contributed by atoms with Crippen molar-refractivity contribution in [2.45, 2.75) is 32.9 Å². The highest BCUT2D eigenvalue weighted by Crippen LogP contribution is 2.35. The zero-order chi connectivity index (χ0) is 19.6. The number of likely N-dealkylation sites (tertiary alicyclic amines) is 1. The summed E-state index contributed by atoms with van der Waals surface area (Å²) in [7, 11) is 4.87. The van der Waals surface area contributed by atoms with Crippen LogP contribution in [0.25, 0.3) is 0 Å². The summed E-state index contributed by atoms with van der Waals surface area (Å²) in [5.74, 6) is 2.47. The van der Waals surface area contributed by atoms with E-state index in [2.05, 4.69) is 35.1 Å². The smallest absolute Gasteiger partial charge is 0.310 e. The first-order chi connectivity index (χ1) is 13.0. The van der Waals surface area contributed by atoms with Gasteiger partial charge in [-0.05, 0) is 25.0 Å². The van der Waals surface area contributed by atoms with E-state index in [-0.39, 0.29) is 47.9 Å². The summed E-state index contributed by atoms with van der Waals surface area (Å²) in [6, 6.07) is 4.10. The molecule has 2 aliphatic heterocycles. The number of guanidine groups is 1. The van der Waals surface area contributed by atoms with Crippen LogP contribution < -0.4 is 14.8 Å². The molecule has 2 aliphatic rings. The first kappa shape index (κ1) is 22.6. The average molecular weight is 503 g/mol. The van der Waals surface area contributed by atoms with E-state index in [0.29, 0.717) is 13.1 Å². The number of fused-ring (bicyclic) bond motifs is 1. The molecule has 3 atom stereocenters. The SMILES string of the molecule is CN=C(NCc1cc2c(cc1OC)CC(C)O2)N1CC(C)C(C(=O)OC)C1.I. The van der Waals surface area contributed by atoms with Crippen molar-refractivity contribution >= 4 is 35.9 Å². The van der Waals surface area contributed by atoms with Gasteiger partial charge in [0.05, 0.1) is 20.1 Å². The van der Waals surface area contributed by atoms with Crippen LogP contribution in [0.4, 0.5) is 0 Å². The molecule has 1 saturated heterocycles. The number of halogens is 1. The summed E-state index contributed by atoms with van der Waals surface area (Å²) >= 11 is 0. The summed E-state index contributed by atoms with van der Waals surface area (Å²) < 4.78 is 16.4. The number of hydrogen-bond acceptors (Lipinski definition) is 5. The summed E-state index contributed by atoms with van der Waals surface area (Å²) in [6.07, 6.45) is 1.10. The van der Waals surface area contributed by atoms with Gasteiger partial charge < -0.3 is 24.4 Å². The maximum Gasteiger partial charge on any atom is 0.310 e. The van der Waals surface area contributed by atoms with Gasteiger partial charge in [0.15, 0.2) is 5.96 Å². The first-order valence-electron chi connectivity index (χ1n) is 9.36. The zero-order valence-electron chi connectivity index (χ0n) is 17.2. The molecule has 156 valence electrons. The molecule has 0 saturated carbocycles. The Balaban J connectivity index is 0.00000280. The number of ether oxygens (including phenoxy) is 3. The number of methoxy groups -OCH3 is 2. The van der Waals surface area contributed by atoms with Crippen molar-refractivity contribution in [2.75, 3.05) is 34.4 Å². The predicted octanol–water partition coefficient (Wildman–Crippen LogP) is 2.45. The van der Waals surface area contributed by atoms with Crippen LogP contribution in [0, 0.1) is 11.8 Å². The summed E-state index contributed by atoms with van der Waals surface area (Å²) in [6.45, 7) is 6.07. The minimum atomic E-state index is -0.160. The number of hydrogen-bond donors (Lipinski definition) is 1. The van der Waals surface area contributed by atoms with Gasteiger partial charge in [0.1, 0.15) is 17.6 Å². The topological polar surface area (TPSA) is 72.4 Å². The number of benzene rings is 1. The van der Waals surface area contributed by atoms with Gasteiger partial charge in [0.25, 0.3) is 0 Å². The van der Waals surface area contributed by atoms with Crippen molar-refractivity contribution in [1.82, 2.24) is 10.2 Å². The van der Waals surface area contributed by atoms with Gasteiger partial charge in [-0.15, -0.1) is 24.0 Å². The lowest BCUT2D eigenvalue weighted by molar-refractivity contribution is -0.145. The van der Waals surface area contributed by atoms with Gasteiger partial charge in [0, 0.05) is 44.2 Å². The molecule has 3 unspecified atom stereocenters. The largest absolute Gasteiger partial charge is 0.496 e. The van der Waals surface area contributed by atoms with Crippen molar-refractivity contribution in [1.29, 1.82) is 0 Å². The lowest BCUT2D eigenvalue weighted by Crippen LogP contribution is -2.40. The van der Waals surface area contributed by atoms with Crippen molar-refractivity contribution in [3.8, 4) is 11.5 Å². The van der Waals surface area contributed by atoms with E-state index in [0.717, 1.165) is 36.0 Å². The maximum absolute atomic E-state index is 11.9. The number of nitrogens with one attached hydrogen (secondary N) is 1. The molecule has 1 fully saturated rings. The molecule has 0 radical (unpaired) electrons. The number of nitrogens with zero attached hydrogens (tertiary/aromatic N) is 2. The second-order valence-electron chi connectivity index (χ2n) is 7.32. The quantitative estimate of drug-likeness (QED) is 0.295. The Kier molecular flexibility index (Phi) is 7.79. The Bertz CT molecular complexity index is 740. The number of carbonyl (C=O) groups is 1. The van der Waals surface area contributed by atoms with E-state index in [1.807, 2.05) is 6.07 Å². The number of aliphatic imine (C=N–C) groups is 1. The van der Waals surface area contributed by atoms with Gasteiger partial charge >= 0.3 is 5.97 Å². The van der Waals surface area contributed by atoms with E-state index in [1.165, 1.54) is 12.7 Å². The van der Waals surface area contributed by atoms with Gasteiger partial charge in [-0.3, -0.25) is 9.79 Å². The van der Waals surface area contributed by atoms with Crippen LogP contribution in [-0.2, 0) is 22.5 Å². The molecule has 1 aromatic carbocycles. The molecule has 0 spiro atoms. The molecule has 8 heteroatoms. The Hall–Kier alpha value is -1.71. The number of esters is 1. The van der Waals surface area contributed by atoms with Crippen LogP contribution in [-0.4, -0.2) is 57.3 Å². The Morgan fingerprint density at radius 1 is 1.32 bits per heavy atom. The third-order valence-electron chi connectivity index (χ3n) is 5.36. The molecular weight excluding hydrogens is 473 g/mol.